The molecule has 0 aromatic heterocycles. The van der Waals surface area contributed by atoms with Crippen LogP contribution in [-0.4, -0.2) is 66.0 Å². The van der Waals surface area contributed by atoms with E-state index in [0.717, 1.165) is 37.7 Å². The second-order valence-electron chi connectivity index (χ2n) is 8.57. The van der Waals surface area contributed by atoms with Crippen LogP contribution in [0.2, 0.25) is 0 Å². The van der Waals surface area contributed by atoms with E-state index in [1.54, 1.807) is 34.6 Å². The molecule has 1 saturated heterocycles. The van der Waals surface area contributed by atoms with Crippen molar-refractivity contribution in [1.82, 2.24) is 21.0 Å². The first-order valence-corrected chi connectivity index (χ1v) is 11.4. The molecule has 33 heavy (non-hydrogen) atoms. The van der Waals surface area contributed by atoms with E-state index in [-0.39, 0.29) is 30.1 Å². The van der Waals surface area contributed by atoms with Crippen LogP contribution in [0.1, 0.15) is 49.7 Å². The lowest BCUT2D eigenvalue weighted by atomic mass is 9.82. The molecule has 1 aliphatic heterocycles. The topological polar surface area (TPSA) is 144 Å². The molecule has 5 N–H and O–H groups in total. The molecule has 2 atom stereocenters. The van der Waals surface area contributed by atoms with Crippen LogP contribution < -0.4 is 16.1 Å². The zero-order valence-electron chi connectivity index (χ0n) is 18.9. The standard InChI is InChI=1S/C23H33N5O5/c1-33-19(29)14-25-20(16-5-3-2-4-6-16)23(31)28-12-11-18(28)22(30)26-13-15-7-9-17(10-8-15)21(24)27-32/h7-10,16,18,20,25,32H,2-6,11-14H2,1H3,(H2,24,27)(H,26,30)/t18-,20+/m0/s1. The van der Waals surface area contributed by atoms with Crippen molar-refractivity contribution < 1.29 is 24.3 Å². The smallest absolute Gasteiger partial charge is 0.319 e. The number of amides is 2. The highest BCUT2D eigenvalue weighted by Crippen LogP contribution is 2.29. The van der Waals surface area contributed by atoms with Crippen molar-refractivity contribution >= 4 is 23.6 Å². The van der Waals surface area contributed by atoms with E-state index < -0.39 is 18.1 Å². The molecule has 0 spiro atoms. The fourth-order valence-corrected chi connectivity index (χ4v) is 4.45. The number of rotatable bonds is 9. The fraction of sp³-hybridized carbons (Fsp3) is 0.565. The number of hydrogen-bond donors (Lipinski definition) is 5. The molecule has 1 saturated carbocycles. The molecule has 0 radical (unpaired) electrons. The molecule has 10 nitrogen and oxygen atoms in total. The van der Waals surface area contributed by atoms with Gasteiger partial charge >= 0.3 is 5.97 Å². The molecule has 10 heteroatoms. The lowest BCUT2D eigenvalue weighted by molar-refractivity contribution is -0.151. The number of nitrogens with zero attached hydrogens (tertiary/aromatic N) is 1. The molecule has 1 aliphatic carbocycles. The van der Waals surface area contributed by atoms with Crippen molar-refractivity contribution in [1.29, 1.82) is 5.41 Å². The van der Waals surface area contributed by atoms with Crippen molar-refractivity contribution in [2.24, 2.45) is 5.92 Å². The van der Waals surface area contributed by atoms with Crippen LogP contribution in [0.5, 0.6) is 0 Å². The van der Waals surface area contributed by atoms with Gasteiger partial charge in [-0.05, 0) is 30.7 Å². The number of amidine groups is 1. The number of carbonyl (C=O) groups excluding carboxylic acids is 3. The summed E-state index contributed by atoms with van der Waals surface area (Å²) in [5.74, 6) is -0.721. The predicted molar refractivity (Wildman–Crippen MR) is 121 cm³/mol. The number of methoxy groups -OCH3 is 1. The first kappa shape index (κ1) is 24.7. The van der Waals surface area contributed by atoms with E-state index in [1.165, 1.54) is 7.11 Å². The number of likely N-dealkylation sites (tertiary alicyclic amines) is 1. The molecule has 1 heterocycles. The molecule has 2 aliphatic rings. The predicted octanol–water partition coefficient (Wildman–Crippen LogP) is 0.919. The van der Waals surface area contributed by atoms with Crippen LogP contribution in [0.4, 0.5) is 0 Å². The van der Waals surface area contributed by atoms with Gasteiger partial charge in [0.2, 0.25) is 11.8 Å². The molecule has 3 rings (SSSR count). The third kappa shape index (κ3) is 6.29. The largest absolute Gasteiger partial charge is 0.468 e. The number of esters is 1. The normalized spacial score (nSPS) is 19.2. The highest BCUT2D eigenvalue weighted by Gasteiger charge is 2.42. The van der Waals surface area contributed by atoms with Gasteiger partial charge in [0.25, 0.3) is 0 Å². The monoisotopic (exact) mass is 459 g/mol. The molecule has 180 valence electrons. The van der Waals surface area contributed by atoms with Crippen LogP contribution >= 0.6 is 0 Å². The maximum atomic E-state index is 13.3. The highest BCUT2D eigenvalue weighted by molar-refractivity contribution is 5.95. The van der Waals surface area contributed by atoms with Crippen LogP contribution in [0, 0.1) is 11.3 Å². The van der Waals surface area contributed by atoms with Gasteiger partial charge in [0.05, 0.1) is 19.7 Å². The van der Waals surface area contributed by atoms with Crippen LogP contribution in [0.3, 0.4) is 0 Å². The van der Waals surface area contributed by atoms with Crippen LogP contribution in [0.25, 0.3) is 0 Å². The Morgan fingerprint density at radius 1 is 1.15 bits per heavy atom. The van der Waals surface area contributed by atoms with Crippen molar-refractivity contribution in [2.75, 3.05) is 20.2 Å². The lowest BCUT2D eigenvalue weighted by Crippen LogP contribution is -2.63. The Balaban J connectivity index is 1.57. The molecule has 1 aromatic rings. The second kappa shape index (κ2) is 11.8. The number of ether oxygens (including phenoxy) is 1. The Morgan fingerprint density at radius 3 is 2.42 bits per heavy atom. The van der Waals surface area contributed by atoms with Crippen LogP contribution in [-0.2, 0) is 25.7 Å². The maximum Gasteiger partial charge on any atom is 0.319 e. The van der Waals surface area contributed by atoms with Crippen molar-refractivity contribution in [3.8, 4) is 0 Å². The lowest BCUT2D eigenvalue weighted by Gasteiger charge is -2.43. The van der Waals surface area contributed by atoms with Crippen LogP contribution in [0.15, 0.2) is 24.3 Å². The number of hydroxylamine groups is 1. The highest BCUT2D eigenvalue weighted by atomic mass is 16.5. The van der Waals surface area contributed by atoms with E-state index >= 15 is 0 Å². The Bertz CT molecular complexity index is 853. The molecule has 2 fully saturated rings. The summed E-state index contributed by atoms with van der Waals surface area (Å²) in [5.41, 5.74) is 3.16. The SMILES string of the molecule is COC(=O)CN[C@@H](C(=O)N1CC[C@H]1C(=O)NCc1ccc(C(=N)NO)cc1)C1CCCCC1. The van der Waals surface area contributed by atoms with E-state index in [4.69, 9.17) is 15.4 Å². The number of nitrogens with one attached hydrogen (secondary N) is 4. The van der Waals surface area contributed by atoms with E-state index in [0.29, 0.717) is 25.1 Å². The summed E-state index contributed by atoms with van der Waals surface area (Å²) in [7, 11) is 1.32. The van der Waals surface area contributed by atoms with Gasteiger partial charge in [-0.25, -0.2) is 0 Å². The Hall–Kier alpha value is -2.98. The summed E-state index contributed by atoms with van der Waals surface area (Å²) < 4.78 is 4.71. The minimum Gasteiger partial charge on any atom is -0.468 e. The average Bonchev–Trinajstić information content (AvgIpc) is 2.82. The molecular formula is C23H33N5O5. The van der Waals surface area contributed by atoms with Crippen molar-refractivity contribution in [2.45, 2.75) is 57.2 Å². The van der Waals surface area contributed by atoms with E-state index in [1.807, 2.05) is 0 Å². The van der Waals surface area contributed by atoms with Gasteiger partial charge in [-0.1, -0.05) is 43.5 Å². The summed E-state index contributed by atoms with van der Waals surface area (Å²) >= 11 is 0. The summed E-state index contributed by atoms with van der Waals surface area (Å²) in [6.07, 6.45) is 5.73. The second-order valence-corrected chi connectivity index (χ2v) is 8.57. The Morgan fingerprint density at radius 2 is 1.85 bits per heavy atom. The molecule has 1 aromatic carbocycles. The average molecular weight is 460 g/mol. The number of carbonyl (C=O) groups is 3. The van der Waals surface area contributed by atoms with Gasteiger partial charge in [0, 0.05) is 18.7 Å². The van der Waals surface area contributed by atoms with Gasteiger partial charge in [-0.3, -0.25) is 35.8 Å². The summed E-state index contributed by atoms with van der Waals surface area (Å²) in [6, 6.07) is 5.86. The van der Waals surface area contributed by atoms with Gasteiger partial charge in [-0.15, -0.1) is 0 Å². The number of benzene rings is 1. The third-order valence-corrected chi connectivity index (χ3v) is 6.51. The molecule has 2 amide bonds. The summed E-state index contributed by atoms with van der Waals surface area (Å²) in [4.78, 5) is 39.3. The first-order valence-electron chi connectivity index (χ1n) is 11.4. The summed E-state index contributed by atoms with van der Waals surface area (Å²) in [6.45, 7) is 0.780. The Kier molecular flexibility index (Phi) is 8.79. The summed E-state index contributed by atoms with van der Waals surface area (Å²) in [5, 5.41) is 22.3. The van der Waals surface area contributed by atoms with Gasteiger partial charge in [-0.2, -0.15) is 0 Å². The zero-order valence-corrected chi connectivity index (χ0v) is 18.9. The third-order valence-electron chi connectivity index (χ3n) is 6.51. The van der Waals surface area contributed by atoms with Crippen molar-refractivity contribution in [3.05, 3.63) is 35.4 Å². The minimum absolute atomic E-state index is 0.0344. The van der Waals surface area contributed by atoms with Gasteiger partial charge in [0.1, 0.15) is 11.9 Å². The fourth-order valence-electron chi connectivity index (χ4n) is 4.45. The van der Waals surface area contributed by atoms with Gasteiger partial charge in [0.15, 0.2) is 0 Å². The van der Waals surface area contributed by atoms with Crippen molar-refractivity contribution in [3.63, 3.8) is 0 Å². The molecule has 0 bridgehead atoms. The van der Waals surface area contributed by atoms with E-state index in [2.05, 4.69) is 10.6 Å². The van der Waals surface area contributed by atoms with E-state index in [9.17, 15) is 14.4 Å². The Labute approximate surface area is 193 Å². The minimum atomic E-state index is -0.519. The maximum absolute atomic E-state index is 13.3. The first-order chi connectivity index (χ1) is 15.9. The quantitative estimate of drug-likeness (QED) is 0.160. The zero-order chi connectivity index (χ0) is 23.8. The molecular weight excluding hydrogens is 426 g/mol. The number of hydrogen-bond acceptors (Lipinski definition) is 7. The molecule has 0 unspecified atom stereocenters. The van der Waals surface area contributed by atoms with Gasteiger partial charge < -0.3 is 15.0 Å².